The zero-order valence-electron chi connectivity index (χ0n) is 17.1. The van der Waals surface area contributed by atoms with E-state index in [-0.39, 0.29) is 17.2 Å². The van der Waals surface area contributed by atoms with Crippen molar-refractivity contribution < 1.29 is 19.0 Å². The highest BCUT2D eigenvalue weighted by molar-refractivity contribution is 9.10. The molecule has 2 aromatic carbocycles. The van der Waals surface area contributed by atoms with Gasteiger partial charge in [-0.3, -0.25) is 4.79 Å². The Labute approximate surface area is 193 Å². The van der Waals surface area contributed by atoms with E-state index >= 15 is 0 Å². The van der Waals surface area contributed by atoms with Crippen LogP contribution in [0, 0.1) is 0 Å². The van der Waals surface area contributed by atoms with Gasteiger partial charge in [-0.2, -0.15) is 0 Å². The number of hydrogen-bond acceptors (Lipinski definition) is 5. The molecule has 0 bridgehead atoms. The average molecular weight is 507 g/mol. The first-order valence-electron chi connectivity index (χ1n) is 9.44. The Morgan fingerprint density at radius 2 is 1.77 bits per heavy atom. The lowest BCUT2D eigenvalue weighted by atomic mass is 10.1. The van der Waals surface area contributed by atoms with Gasteiger partial charge in [0.1, 0.15) is 23.1 Å². The zero-order valence-corrected chi connectivity index (χ0v) is 19.4. The largest absolute Gasteiger partial charge is 0.497 e. The molecule has 0 N–H and O–H groups in total. The Morgan fingerprint density at radius 1 is 1.06 bits per heavy atom. The fourth-order valence-electron chi connectivity index (χ4n) is 3.03. The number of aryl methyl sites for hydroxylation is 1. The minimum Gasteiger partial charge on any atom is -0.497 e. The second kappa shape index (κ2) is 10.5. The molecule has 8 heteroatoms. The van der Waals surface area contributed by atoms with Crippen molar-refractivity contribution in [2.75, 3.05) is 14.2 Å². The van der Waals surface area contributed by atoms with Crippen LogP contribution < -0.4 is 15.0 Å². The summed E-state index contributed by atoms with van der Waals surface area (Å²) in [5.74, 6) is 0.914. The van der Waals surface area contributed by atoms with Gasteiger partial charge in [0.2, 0.25) is 0 Å². The highest BCUT2D eigenvalue weighted by atomic mass is 79.9. The summed E-state index contributed by atoms with van der Waals surface area (Å²) in [6.07, 6.45) is 0.570. The standard InChI is InChI=1S/C23H21BrClNO5/c1-29-17-4-3-5-18(12-17)31-14-21-19(24)13-20(25)22(27)26(21)11-10-15-6-8-16(9-7-15)23(28)30-2/h3-9,12-13H,10-11,14H2,1-2H3. The molecule has 6 nitrogen and oxygen atoms in total. The van der Waals surface area contributed by atoms with Crippen molar-refractivity contribution in [1.82, 2.24) is 4.57 Å². The number of carbonyl (C=O) groups excluding carboxylic acids is 1. The number of halogens is 2. The van der Waals surface area contributed by atoms with Crippen molar-refractivity contribution >= 4 is 33.5 Å². The molecular formula is C23H21BrClNO5. The molecule has 3 rings (SSSR count). The van der Waals surface area contributed by atoms with Crippen molar-refractivity contribution in [2.45, 2.75) is 19.6 Å². The third kappa shape index (κ3) is 5.68. The van der Waals surface area contributed by atoms with Crippen LogP contribution in [0.3, 0.4) is 0 Å². The lowest BCUT2D eigenvalue weighted by molar-refractivity contribution is 0.0600. The molecule has 0 atom stereocenters. The number of benzene rings is 2. The summed E-state index contributed by atoms with van der Waals surface area (Å²) < 4.78 is 18.1. The molecule has 0 fully saturated rings. The van der Waals surface area contributed by atoms with Gasteiger partial charge in [-0.1, -0.05) is 29.8 Å². The molecule has 3 aromatic rings. The molecule has 0 aliphatic carbocycles. The van der Waals surface area contributed by atoms with Crippen LogP contribution >= 0.6 is 27.5 Å². The highest BCUT2D eigenvalue weighted by Crippen LogP contribution is 2.24. The molecule has 0 radical (unpaired) electrons. The molecule has 1 heterocycles. The van der Waals surface area contributed by atoms with E-state index in [1.807, 2.05) is 30.3 Å². The van der Waals surface area contributed by atoms with Crippen molar-refractivity contribution in [3.63, 3.8) is 0 Å². The van der Waals surface area contributed by atoms with Gasteiger partial charge < -0.3 is 18.8 Å². The lowest BCUT2D eigenvalue weighted by Gasteiger charge is -2.16. The van der Waals surface area contributed by atoms with Crippen LogP contribution in [0.2, 0.25) is 5.02 Å². The average Bonchev–Trinajstić information content (AvgIpc) is 2.79. The third-order valence-electron chi connectivity index (χ3n) is 4.72. The number of aromatic nitrogens is 1. The molecule has 0 amide bonds. The van der Waals surface area contributed by atoms with Gasteiger partial charge in [0.25, 0.3) is 5.56 Å². The molecule has 0 unspecified atom stereocenters. The van der Waals surface area contributed by atoms with Crippen molar-refractivity contribution in [1.29, 1.82) is 0 Å². The Balaban J connectivity index is 1.80. The van der Waals surface area contributed by atoms with Crippen LogP contribution in [-0.2, 0) is 24.3 Å². The lowest BCUT2D eigenvalue weighted by Crippen LogP contribution is -2.26. The number of methoxy groups -OCH3 is 2. The number of rotatable bonds is 8. The Hall–Kier alpha value is -2.77. The first-order chi connectivity index (χ1) is 14.9. The van der Waals surface area contributed by atoms with Crippen LogP contribution in [0.4, 0.5) is 0 Å². The molecule has 31 heavy (non-hydrogen) atoms. The Morgan fingerprint density at radius 3 is 2.45 bits per heavy atom. The van der Waals surface area contributed by atoms with Crippen LogP contribution in [0.25, 0.3) is 0 Å². The number of hydrogen-bond donors (Lipinski definition) is 0. The summed E-state index contributed by atoms with van der Waals surface area (Å²) in [5.41, 5.74) is 1.82. The molecule has 1 aromatic heterocycles. The quantitative estimate of drug-likeness (QED) is 0.407. The summed E-state index contributed by atoms with van der Waals surface area (Å²) >= 11 is 9.62. The van der Waals surface area contributed by atoms with E-state index in [1.165, 1.54) is 7.11 Å². The first kappa shape index (κ1) is 22.9. The monoisotopic (exact) mass is 505 g/mol. The molecule has 0 spiro atoms. The minimum atomic E-state index is -0.390. The minimum absolute atomic E-state index is 0.123. The highest BCUT2D eigenvalue weighted by Gasteiger charge is 2.14. The number of esters is 1. The van der Waals surface area contributed by atoms with Crippen LogP contribution in [0.5, 0.6) is 11.5 Å². The van der Waals surface area contributed by atoms with Crippen molar-refractivity contribution in [2.24, 2.45) is 0 Å². The van der Waals surface area contributed by atoms with Crippen LogP contribution in [-0.4, -0.2) is 24.8 Å². The van der Waals surface area contributed by atoms with Crippen molar-refractivity contribution in [3.8, 4) is 11.5 Å². The van der Waals surface area contributed by atoms with Crippen molar-refractivity contribution in [3.05, 3.63) is 91.3 Å². The van der Waals surface area contributed by atoms with Crippen LogP contribution in [0.15, 0.2) is 63.9 Å². The Kier molecular flexibility index (Phi) is 7.76. The fourth-order valence-corrected chi connectivity index (χ4v) is 3.93. The zero-order chi connectivity index (χ0) is 22.4. The van der Waals surface area contributed by atoms with Gasteiger partial charge in [-0.25, -0.2) is 4.79 Å². The van der Waals surface area contributed by atoms with Gasteiger partial charge in [0.15, 0.2) is 0 Å². The predicted molar refractivity (Wildman–Crippen MR) is 122 cm³/mol. The molecule has 0 saturated carbocycles. The topological polar surface area (TPSA) is 66.8 Å². The maximum Gasteiger partial charge on any atom is 0.337 e. The molecule has 0 saturated heterocycles. The smallest absolute Gasteiger partial charge is 0.337 e. The number of carbonyl (C=O) groups is 1. The molecule has 162 valence electrons. The van der Waals surface area contributed by atoms with E-state index in [1.54, 1.807) is 35.9 Å². The van der Waals surface area contributed by atoms with E-state index in [4.69, 9.17) is 25.8 Å². The summed E-state index contributed by atoms with van der Waals surface area (Å²) in [6.45, 7) is 0.563. The molecule has 0 aliphatic heterocycles. The fraction of sp³-hybridized carbons (Fsp3) is 0.217. The van der Waals surface area contributed by atoms with E-state index in [0.717, 1.165) is 5.56 Å². The summed E-state index contributed by atoms with van der Waals surface area (Å²) in [6, 6.07) is 15.9. The first-order valence-corrected chi connectivity index (χ1v) is 10.6. The second-order valence-electron chi connectivity index (χ2n) is 6.65. The van der Waals surface area contributed by atoms with Gasteiger partial charge in [-0.15, -0.1) is 0 Å². The summed E-state index contributed by atoms with van der Waals surface area (Å²) in [5, 5.41) is 0.123. The Bertz CT molecular complexity index is 1130. The molecular weight excluding hydrogens is 486 g/mol. The molecule has 0 aliphatic rings. The summed E-state index contributed by atoms with van der Waals surface area (Å²) in [4.78, 5) is 24.3. The SMILES string of the molecule is COC(=O)c1ccc(CCn2c(COc3cccc(OC)c3)c(Br)cc(Cl)c2=O)cc1. The van der Waals surface area contributed by atoms with E-state index in [0.29, 0.717) is 40.2 Å². The third-order valence-corrected chi connectivity index (χ3v) is 5.68. The van der Waals surface area contributed by atoms with Gasteiger partial charge in [0.05, 0.1) is 25.5 Å². The van der Waals surface area contributed by atoms with Gasteiger partial charge >= 0.3 is 5.97 Å². The predicted octanol–water partition coefficient (Wildman–Crippen LogP) is 4.88. The van der Waals surface area contributed by atoms with E-state index in [9.17, 15) is 9.59 Å². The van der Waals surface area contributed by atoms with E-state index < -0.39 is 5.97 Å². The number of nitrogens with zero attached hydrogens (tertiary/aromatic N) is 1. The number of pyridine rings is 1. The van der Waals surface area contributed by atoms with Gasteiger partial charge in [-0.05, 0) is 58.2 Å². The number of ether oxygens (including phenoxy) is 3. The maximum atomic E-state index is 12.7. The second-order valence-corrected chi connectivity index (χ2v) is 7.91. The van der Waals surface area contributed by atoms with Gasteiger partial charge in [0, 0.05) is 17.1 Å². The normalized spacial score (nSPS) is 10.6. The summed E-state index contributed by atoms with van der Waals surface area (Å²) in [7, 11) is 2.93. The van der Waals surface area contributed by atoms with E-state index in [2.05, 4.69) is 15.9 Å². The maximum absolute atomic E-state index is 12.7. The van der Waals surface area contributed by atoms with Crippen LogP contribution in [0.1, 0.15) is 21.6 Å².